The molecule has 2 unspecified atom stereocenters. The zero-order valence-electron chi connectivity index (χ0n) is 18.5. The van der Waals surface area contributed by atoms with Crippen molar-refractivity contribution in [3.8, 4) is 5.75 Å². The summed E-state index contributed by atoms with van der Waals surface area (Å²) in [7, 11) is 0. The number of ether oxygens (including phenoxy) is 1. The SMILES string of the molecule is CC(C)Oc1ccccc1[N+]1([O-])CCN(CCCN2C(=O)C3CC=CCC3C2=O)CC1. The highest BCUT2D eigenvalue weighted by atomic mass is 16.6. The summed E-state index contributed by atoms with van der Waals surface area (Å²) in [4.78, 5) is 28.9. The number of para-hydroxylation sites is 2. The molecule has 7 heteroatoms. The number of rotatable bonds is 7. The molecule has 2 heterocycles. The number of carbonyl (C=O) groups excluding carboxylic acids is 2. The Balaban J connectivity index is 1.28. The fourth-order valence-corrected chi connectivity index (χ4v) is 4.98. The highest BCUT2D eigenvalue weighted by Gasteiger charge is 2.46. The molecule has 2 aliphatic heterocycles. The van der Waals surface area contributed by atoms with Gasteiger partial charge in [0.2, 0.25) is 11.8 Å². The number of carbonyl (C=O) groups is 2. The van der Waals surface area contributed by atoms with Gasteiger partial charge in [-0.1, -0.05) is 24.3 Å². The number of hydrogen-bond donors (Lipinski definition) is 0. The van der Waals surface area contributed by atoms with E-state index in [1.54, 1.807) is 0 Å². The van der Waals surface area contributed by atoms with E-state index in [1.807, 2.05) is 50.3 Å². The number of amides is 2. The highest BCUT2D eigenvalue weighted by Crippen LogP contribution is 2.36. The maximum atomic E-state index is 13.5. The van der Waals surface area contributed by atoms with Crippen LogP contribution in [0.15, 0.2) is 36.4 Å². The number of hydrogen-bond acceptors (Lipinski definition) is 5. The van der Waals surface area contributed by atoms with Gasteiger partial charge in [-0.3, -0.25) is 19.4 Å². The van der Waals surface area contributed by atoms with Gasteiger partial charge >= 0.3 is 0 Å². The van der Waals surface area contributed by atoms with E-state index in [2.05, 4.69) is 4.90 Å². The molecule has 168 valence electrons. The quantitative estimate of drug-likeness (QED) is 0.290. The van der Waals surface area contributed by atoms with Crippen LogP contribution in [0.25, 0.3) is 0 Å². The van der Waals surface area contributed by atoms with Crippen LogP contribution in [0.4, 0.5) is 5.69 Å². The zero-order chi connectivity index (χ0) is 22.0. The van der Waals surface area contributed by atoms with Gasteiger partial charge in [0.1, 0.15) is 0 Å². The van der Waals surface area contributed by atoms with Crippen molar-refractivity contribution < 1.29 is 14.3 Å². The minimum atomic E-state index is -0.376. The van der Waals surface area contributed by atoms with Crippen LogP contribution in [0.3, 0.4) is 0 Å². The lowest BCUT2D eigenvalue weighted by Gasteiger charge is -2.48. The van der Waals surface area contributed by atoms with Crippen molar-refractivity contribution in [1.82, 2.24) is 14.4 Å². The summed E-state index contributed by atoms with van der Waals surface area (Å²) in [6.07, 6.45) is 6.16. The maximum absolute atomic E-state index is 13.5. The Labute approximate surface area is 184 Å². The normalized spacial score (nSPS) is 25.9. The van der Waals surface area contributed by atoms with Gasteiger partial charge in [-0.2, -0.15) is 0 Å². The first kappa shape index (κ1) is 22.0. The molecule has 1 aliphatic carbocycles. The number of allylic oxidation sites excluding steroid dienone is 2. The Morgan fingerprint density at radius 2 is 1.65 bits per heavy atom. The van der Waals surface area contributed by atoms with Gasteiger partial charge < -0.3 is 14.6 Å². The highest BCUT2D eigenvalue weighted by molar-refractivity contribution is 6.05. The first-order valence-electron chi connectivity index (χ1n) is 11.5. The topological polar surface area (TPSA) is 72.9 Å². The average Bonchev–Trinajstić information content (AvgIpc) is 3.00. The number of imide groups is 1. The van der Waals surface area contributed by atoms with Crippen molar-refractivity contribution in [2.24, 2.45) is 11.8 Å². The van der Waals surface area contributed by atoms with Gasteiger partial charge in [0.05, 0.1) is 31.0 Å². The minimum Gasteiger partial charge on any atom is -0.627 e. The molecule has 0 spiro atoms. The number of nitrogens with zero attached hydrogens (tertiary/aromatic N) is 3. The van der Waals surface area contributed by atoms with E-state index in [4.69, 9.17) is 4.74 Å². The molecule has 0 radical (unpaired) electrons. The third-order valence-electron chi connectivity index (χ3n) is 6.68. The Hall–Kier alpha value is -2.22. The van der Waals surface area contributed by atoms with E-state index in [-0.39, 0.29) is 34.4 Å². The van der Waals surface area contributed by atoms with Crippen LogP contribution in [0.5, 0.6) is 5.75 Å². The van der Waals surface area contributed by atoms with E-state index in [1.165, 1.54) is 4.90 Å². The summed E-state index contributed by atoms with van der Waals surface area (Å²) in [5.74, 6) is 0.353. The minimum absolute atomic E-state index is 0.00463. The van der Waals surface area contributed by atoms with Gasteiger partial charge in [-0.15, -0.1) is 0 Å². The lowest BCUT2D eigenvalue weighted by atomic mass is 9.85. The monoisotopic (exact) mass is 427 g/mol. The third-order valence-corrected chi connectivity index (χ3v) is 6.68. The van der Waals surface area contributed by atoms with E-state index in [9.17, 15) is 14.8 Å². The Bertz CT molecular complexity index is 819. The Morgan fingerprint density at radius 1 is 1.03 bits per heavy atom. The molecule has 2 saturated heterocycles. The predicted molar refractivity (Wildman–Crippen MR) is 120 cm³/mol. The van der Waals surface area contributed by atoms with Crippen molar-refractivity contribution in [1.29, 1.82) is 0 Å². The molecule has 3 aliphatic rings. The first-order chi connectivity index (χ1) is 14.9. The molecule has 0 aromatic heterocycles. The molecule has 4 rings (SSSR count). The van der Waals surface area contributed by atoms with Gasteiger partial charge in [0.25, 0.3) is 0 Å². The molecule has 0 bridgehead atoms. The van der Waals surface area contributed by atoms with Crippen molar-refractivity contribution in [2.45, 2.75) is 39.2 Å². The summed E-state index contributed by atoms with van der Waals surface area (Å²) in [5, 5.41) is 13.5. The van der Waals surface area contributed by atoms with Crippen molar-refractivity contribution in [3.05, 3.63) is 41.6 Å². The molecule has 7 nitrogen and oxygen atoms in total. The van der Waals surface area contributed by atoms with Crippen LogP contribution in [0.2, 0.25) is 0 Å². The van der Waals surface area contributed by atoms with Gasteiger partial charge in [0, 0.05) is 32.2 Å². The number of benzene rings is 1. The lowest BCUT2D eigenvalue weighted by Crippen LogP contribution is -2.57. The molecule has 2 amide bonds. The summed E-state index contributed by atoms with van der Waals surface area (Å²) >= 11 is 0. The van der Waals surface area contributed by atoms with Crippen LogP contribution in [-0.2, 0) is 9.59 Å². The summed E-state index contributed by atoms with van der Waals surface area (Å²) in [6, 6.07) is 7.54. The van der Waals surface area contributed by atoms with Crippen LogP contribution in [0, 0.1) is 17.0 Å². The summed E-state index contributed by atoms with van der Waals surface area (Å²) in [6.45, 7) is 7.51. The number of quaternary nitrogens is 1. The Kier molecular flexibility index (Phi) is 6.46. The molecule has 31 heavy (non-hydrogen) atoms. The number of fused-ring (bicyclic) bond motifs is 1. The van der Waals surface area contributed by atoms with Crippen LogP contribution in [-0.4, -0.2) is 67.0 Å². The largest absolute Gasteiger partial charge is 0.627 e. The molecule has 2 atom stereocenters. The summed E-state index contributed by atoms with van der Waals surface area (Å²) < 4.78 is 5.49. The smallest absolute Gasteiger partial charge is 0.233 e. The molecular weight excluding hydrogens is 394 g/mol. The molecular formula is C24H33N3O4. The fraction of sp³-hybridized carbons (Fsp3) is 0.583. The summed E-state index contributed by atoms with van der Waals surface area (Å²) in [5.41, 5.74) is 0.695. The van der Waals surface area contributed by atoms with Crippen LogP contribution >= 0.6 is 0 Å². The fourth-order valence-electron chi connectivity index (χ4n) is 4.98. The van der Waals surface area contributed by atoms with E-state index in [0.717, 1.165) is 13.0 Å². The molecule has 1 aromatic carbocycles. The Morgan fingerprint density at radius 3 is 2.26 bits per heavy atom. The average molecular weight is 428 g/mol. The molecule has 0 N–H and O–H groups in total. The van der Waals surface area contributed by atoms with Gasteiger partial charge in [-0.05, 0) is 39.2 Å². The number of piperazine rings is 1. The second-order valence-corrected chi connectivity index (χ2v) is 9.15. The lowest BCUT2D eigenvalue weighted by molar-refractivity contribution is -0.140. The molecule has 1 aromatic rings. The standard InChI is InChI=1S/C24H33N3O4/c1-18(2)31-22-11-6-5-10-21(22)27(30)16-14-25(15-17-27)12-7-13-26-23(28)19-8-3-4-9-20(19)24(26)29/h3-6,10-11,18-20H,7-9,12-17H2,1-2H3. The van der Waals surface area contributed by atoms with E-state index in [0.29, 0.717) is 57.0 Å². The van der Waals surface area contributed by atoms with Crippen LogP contribution in [0.1, 0.15) is 33.1 Å². The van der Waals surface area contributed by atoms with E-state index >= 15 is 0 Å². The number of hydroxylamine groups is 2. The second kappa shape index (κ2) is 9.10. The van der Waals surface area contributed by atoms with Crippen LogP contribution < -0.4 is 9.38 Å². The second-order valence-electron chi connectivity index (χ2n) is 9.15. The van der Waals surface area contributed by atoms with Crippen molar-refractivity contribution >= 4 is 17.5 Å². The van der Waals surface area contributed by atoms with Crippen molar-refractivity contribution in [3.63, 3.8) is 0 Å². The molecule has 2 fully saturated rings. The van der Waals surface area contributed by atoms with Gasteiger partial charge in [0.15, 0.2) is 11.4 Å². The van der Waals surface area contributed by atoms with E-state index < -0.39 is 0 Å². The maximum Gasteiger partial charge on any atom is 0.233 e. The zero-order valence-corrected chi connectivity index (χ0v) is 18.5. The predicted octanol–water partition coefficient (Wildman–Crippen LogP) is 2.94. The van der Waals surface area contributed by atoms with Crippen molar-refractivity contribution in [2.75, 3.05) is 39.3 Å². The molecule has 0 saturated carbocycles. The van der Waals surface area contributed by atoms with Gasteiger partial charge in [-0.25, -0.2) is 0 Å². The number of likely N-dealkylation sites (tertiary alicyclic amines) is 1. The third kappa shape index (κ3) is 4.54. The first-order valence-corrected chi connectivity index (χ1v) is 11.5.